The minimum absolute atomic E-state index is 0.156. The van der Waals surface area contributed by atoms with E-state index in [2.05, 4.69) is 15.8 Å². The van der Waals surface area contributed by atoms with Crippen LogP contribution in [-0.2, 0) is 4.79 Å². The molecular weight excluding hydrogens is 402 g/mol. The molecule has 152 valence electrons. The first-order valence-corrected chi connectivity index (χ1v) is 9.57. The second-order valence-corrected chi connectivity index (χ2v) is 6.83. The summed E-state index contributed by atoms with van der Waals surface area (Å²) in [5.41, 5.74) is 5.22. The second-order valence-electron chi connectivity index (χ2n) is 6.40. The number of nitrogens with one attached hydrogen (secondary N) is 2. The third-order valence-electron chi connectivity index (χ3n) is 4.17. The van der Waals surface area contributed by atoms with Crippen LogP contribution < -0.4 is 15.5 Å². The van der Waals surface area contributed by atoms with E-state index in [4.69, 9.17) is 16.3 Å². The van der Waals surface area contributed by atoms with Crippen LogP contribution in [0.2, 0.25) is 5.02 Å². The topological polar surface area (TPSA) is 79.8 Å². The van der Waals surface area contributed by atoms with Gasteiger partial charge in [0.05, 0.1) is 6.21 Å². The molecule has 0 saturated heterocycles. The van der Waals surface area contributed by atoms with Crippen molar-refractivity contribution in [2.45, 2.75) is 6.92 Å². The maximum atomic E-state index is 12.2. The highest BCUT2D eigenvalue weighted by atomic mass is 35.5. The molecule has 3 rings (SSSR count). The maximum absolute atomic E-state index is 12.2. The van der Waals surface area contributed by atoms with Crippen molar-refractivity contribution in [1.29, 1.82) is 0 Å². The predicted molar refractivity (Wildman–Crippen MR) is 118 cm³/mol. The Labute approximate surface area is 179 Å². The molecule has 0 aliphatic rings. The molecule has 0 radical (unpaired) electrons. The Kier molecular flexibility index (Phi) is 7.19. The van der Waals surface area contributed by atoms with E-state index in [9.17, 15) is 9.59 Å². The van der Waals surface area contributed by atoms with E-state index >= 15 is 0 Å². The third-order valence-corrected chi connectivity index (χ3v) is 4.43. The van der Waals surface area contributed by atoms with Gasteiger partial charge in [0.25, 0.3) is 11.8 Å². The first kappa shape index (κ1) is 21.1. The molecular formula is C23H20ClN3O3. The number of benzene rings is 3. The van der Waals surface area contributed by atoms with Crippen LogP contribution in [0.15, 0.2) is 77.9 Å². The van der Waals surface area contributed by atoms with E-state index in [1.807, 2.05) is 37.3 Å². The average Bonchev–Trinajstić information content (AvgIpc) is 2.75. The molecule has 0 aromatic heterocycles. The monoisotopic (exact) mass is 421 g/mol. The summed E-state index contributed by atoms with van der Waals surface area (Å²) in [4.78, 5) is 24.3. The number of ether oxygens (including phenoxy) is 1. The van der Waals surface area contributed by atoms with E-state index in [-0.39, 0.29) is 18.4 Å². The molecule has 6 nitrogen and oxygen atoms in total. The van der Waals surface area contributed by atoms with E-state index in [1.165, 1.54) is 6.21 Å². The van der Waals surface area contributed by atoms with Crippen LogP contribution in [0.25, 0.3) is 0 Å². The van der Waals surface area contributed by atoms with Gasteiger partial charge in [-0.1, -0.05) is 41.9 Å². The smallest absolute Gasteiger partial charge is 0.271 e. The number of nitrogens with zero attached hydrogens (tertiary/aromatic N) is 1. The van der Waals surface area contributed by atoms with Crippen LogP contribution in [0.4, 0.5) is 5.69 Å². The standard InChI is InChI=1S/C23H20ClN3O3/c1-16-6-2-4-8-20(16)26-22(28)15-30-21-9-5-3-7-18(21)14-25-27-23(29)17-10-12-19(24)13-11-17/h2-14H,15H2,1H3,(H,26,28)(H,27,29)/b25-14+. The SMILES string of the molecule is Cc1ccccc1NC(=O)COc1ccccc1/C=N/NC(=O)c1ccc(Cl)cc1. The van der Waals surface area contributed by atoms with Crippen molar-refractivity contribution in [1.82, 2.24) is 5.43 Å². The van der Waals surface area contributed by atoms with Crippen LogP contribution in [0.1, 0.15) is 21.5 Å². The van der Waals surface area contributed by atoms with Gasteiger partial charge in [0.2, 0.25) is 0 Å². The van der Waals surface area contributed by atoms with Gasteiger partial charge in [0, 0.05) is 21.8 Å². The van der Waals surface area contributed by atoms with Gasteiger partial charge < -0.3 is 10.1 Å². The number of carbonyl (C=O) groups excluding carboxylic acids is 2. The molecule has 0 fully saturated rings. The average molecular weight is 422 g/mol. The van der Waals surface area contributed by atoms with Crippen LogP contribution in [0.3, 0.4) is 0 Å². The quantitative estimate of drug-likeness (QED) is 0.437. The number of hydrogen-bond acceptors (Lipinski definition) is 4. The largest absolute Gasteiger partial charge is 0.483 e. The van der Waals surface area contributed by atoms with Crippen molar-refractivity contribution in [3.8, 4) is 5.75 Å². The molecule has 2 amide bonds. The number of aryl methyl sites for hydroxylation is 1. The van der Waals surface area contributed by atoms with Crippen molar-refractivity contribution >= 4 is 35.3 Å². The van der Waals surface area contributed by atoms with E-state index in [1.54, 1.807) is 42.5 Å². The molecule has 0 spiro atoms. The summed E-state index contributed by atoms with van der Waals surface area (Å²) >= 11 is 5.82. The molecule has 0 heterocycles. The Morgan fingerprint density at radius 1 is 1.00 bits per heavy atom. The summed E-state index contributed by atoms with van der Waals surface area (Å²) in [5, 5.41) is 7.33. The van der Waals surface area contributed by atoms with E-state index < -0.39 is 0 Å². The maximum Gasteiger partial charge on any atom is 0.271 e. The van der Waals surface area contributed by atoms with Gasteiger partial charge in [-0.15, -0.1) is 0 Å². The number of anilines is 1. The highest BCUT2D eigenvalue weighted by Crippen LogP contribution is 2.17. The van der Waals surface area contributed by atoms with Gasteiger partial charge in [-0.2, -0.15) is 5.10 Å². The van der Waals surface area contributed by atoms with Crippen molar-refractivity contribution < 1.29 is 14.3 Å². The highest BCUT2D eigenvalue weighted by molar-refractivity contribution is 6.30. The molecule has 0 aliphatic carbocycles. The van der Waals surface area contributed by atoms with Crippen molar-refractivity contribution in [2.75, 3.05) is 11.9 Å². The lowest BCUT2D eigenvalue weighted by molar-refractivity contribution is -0.118. The van der Waals surface area contributed by atoms with Crippen molar-refractivity contribution in [3.05, 3.63) is 94.5 Å². The van der Waals surface area contributed by atoms with Crippen LogP contribution in [0, 0.1) is 6.92 Å². The molecule has 0 saturated carbocycles. The number of halogens is 1. The summed E-state index contributed by atoms with van der Waals surface area (Å²) in [6.07, 6.45) is 1.46. The summed E-state index contributed by atoms with van der Waals surface area (Å²) in [5.74, 6) is -0.159. The molecule has 2 N–H and O–H groups in total. The van der Waals surface area contributed by atoms with Crippen molar-refractivity contribution in [2.24, 2.45) is 5.10 Å². The molecule has 0 aliphatic heterocycles. The fourth-order valence-corrected chi connectivity index (χ4v) is 2.71. The Morgan fingerprint density at radius 2 is 1.70 bits per heavy atom. The summed E-state index contributed by atoms with van der Waals surface area (Å²) in [7, 11) is 0. The number of rotatable bonds is 7. The summed E-state index contributed by atoms with van der Waals surface area (Å²) in [6, 6.07) is 21.1. The van der Waals surface area contributed by atoms with Gasteiger partial charge in [-0.3, -0.25) is 9.59 Å². The number of hydrazone groups is 1. The first-order valence-electron chi connectivity index (χ1n) is 9.19. The predicted octanol–water partition coefficient (Wildman–Crippen LogP) is 4.43. The minimum Gasteiger partial charge on any atom is -0.483 e. The molecule has 7 heteroatoms. The Bertz CT molecular complexity index is 1070. The van der Waals surface area contributed by atoms with Gasteiger partial charge in [0.1, 0.15) is 5.75 Å². The molecule has 30 heavy (non-hydrogen) atoms. The van der Waals surface area contributed by atoms with Gasteiger partial charge >= 0.3 is 0 Å². The third kappa shape index (κ3) is 5.93. The zero-order chi connectivity index (χ0) is 21.3. The lowest BCUT2D eigenvalue weighted by atomic mass is 10.2. The normalized spacial score (nSPS) is 10.6. The molecule has 0 atom stereocenters. The van der Waals surface area contributed by atoms with Gasteiger partial charge in [0.15, 0.2) is 6.61 Å². The zero-order valence-electron chi connectivity index (χ0n) is 16.3. The molecule has 0 unspecified atom stereocenters. The Hall–Kier alpha value is -3.64. The fourth-order valence-electron chi connectivity index (χ4n) is 2.59. The van der Waals surface area contributed by atoms with E-state index in [0.717, 1.165) is 11.3 Å². The molecule has 0 bridgehead atoms. The highest BCUT2D eigenvalue weighted by Gasteiger charge is 2.08. The fraction of sp³-hybridized carbons (Fsp3) is 0.0870. The zero-order valence-corrected chi connectivity index (χ0v) is 17.0. The lowest BCUT2D eigenvalue weighted by Gasteiger charge is -2.11. The lowest BCUT2D eigenvalue weighted by Crippen LogP contribution is -2.21. The Morgan fingerprint density at radius 3 is 2.47 bits per heavy atom. The number of amides is 2. The van der Waals surface area contributed by atoms with Crippen LogP contribution in [0.5, 0.6) is 5.75 Å². The molecule has 3 aromatic rings. The minimum atomic E-state index is -0.362. The van der Waals surface area contributed by atoms with Crippen LogP contribution >= 0.6 is 11.6 Å². The van der Waals surface area contributed by atoms with Gasteiger partial charge in [-0.05, 0) is 55.0 Å². The number of para-hydroxylation sites is 2. The number of carbonyl (C=O) groups is 2. The summed E-state index contributed by atoms with van der Waals surface area (Å²) < 4.78 is 5.64. The first-order chi connectivity index (χ1) is 14.5. The Balaban J connectivity index is 1.58. The second kappa shape index (κ2) is 10.2. The van der Waals surface area contributed by atoms with Crippen molar-refractivity contribution in [3.63, 3.8) is 0 Å². The van der Waals surface area contributed by atoms with Crippen LogP contribution in [-0.4, -0.2) is 24.6 Å². The van der Waals surface area contributed by atoms with E-state index in [0.29, 0.717) is 21.9 Å². The number of hydrogen-bond donors (Lipinski definition) is 2. The molecule has 3 aromatic carbocycles. The van der Waals surface area contributed by atoms with Gasteiger partial charge in [-0.25, -0.2) is 5.43 Å². The summed E-state index contributed by atoms with van der Waals surface area (Å²) in [6.45, 7) is 1.76.